The summed E-state index contributed by atoms with van der Waals surface area (Å²) in [7, 11) is 0. The highest BCUT2D eigenvalue weighted by molar-refractivity contribution is 8.31. The number of unbranched alkanes of at least 4 members (excludes halogenated alkanes) is 1. The van der Waals surface area contributed by atoms with E-state index in [1.165, 1.54) is 27.5 Å². The lowest BCUT2D eigenvalue weighted by atomic mass is 10.2. The Bertz CT molecular complexity index is 488. The zero-order valence-electron chi connectivity index (χ0n) is 10.8. The van der Waals surface area contributed by atoms with E-state index in [2.05, 4.69) is 42.7 Å². The van der Waals surface area contributed by atoms with Crippen LogP contribution in [-0.2, 0) is 0 Å². The second-order valence-electron chi connectivity index (χ2n) is 4.05. The summed E-state index contributed by atoms with van der Waals surface area (Å²) in [5.74, 6) is 1.13. The van der Waals surface area contributed by atoms with Crippen LogP contribution in [-0.4, -0.2) is 9.95 Å². The van der Waals surface area contributed by atoms with Crippen LogP contribution < -0.4 is 0 Å². The van der Waals surface area contributed by atoms with E-state index in [0.717, 1.165) is 9.95 Å². The number of thioether (sulfide) groups is 3. The van der Waals surface area contributed by atoms with Gasteiger partial charge in [-0.05, 0) is 29.2 Å². The van der Waals surface area contributed by atoms with Gasteiger partial charge in [-0.1, -0.05) is 79.4 Å². The van der Waals surface area contributed by atoms with Crippen LogP contribution >= 0.6 is 47.5 Å². The lowest BCUT2D eigenvalue weighted by Gasteiger charge is -2.01. The summed E-state index contributed by atoms with van der Waals surface area (Å²) >= 11 is 10.8. The molecule has 0 fully saturated rings. The lowest BCUT2D eigenvalue weighted by Crippen LogP contribution is -1.85. The van der Waals surface area contributed by atoms with Crippen molar-refractivity contribution in [3.63, 3.8) is 0 Å². The average Bonchev–Trinajstić information content (AvgIpc) is 2.88. The second-order valence-corrected chi connectivity index (χ2v) is 8.14. The van der Waals surface area contributed by atoms with Gasteiger partial charge < -0.3 is 0 Å². The zero-order chi connectivity index (χ0) is 13.5. The Morgan fingerprint density at radius 1 is 1.32 bits per heavy atom. The molecule has 0 aliphatic carbocycles. The Balaban J connectivity index is 1.88. The molecular formula is C15H16S4. The van der Waals surface area contributed by atoms with Crippen LogP contribution in [0.15, 0.2) is 46.1 Å². The van der Waals surface area contributed by atoms with Crippen molar-refractivity contribution in [2.75, 3.05) is 5.75 Å². The van der Waals surface area contributed by atoms with Gasteiger partial charge in [0.15, 0.2) is 0 Å². The molecule has 0 bridgehead atoms. The number of benzene rings is 1. The van der Waals surface area contributed by atoms with Crippen molar-refractivity contribution < 1.29 is 0 Å². The minimum absolute atomic E-state index is 1.01. The topological polar surface area (TPSA) is 0 Å². The van der Waals surface area contributed by atoms with Crippen molar-refractivity contribution in [3.8, 4) is 0 Å². The van der Waals surface area contributed by atoms with E-state index in [0.29, 0.717) is 0 Å². The summed E-state index contributed by atoms with van der Waals surface area (Å²) in [5, 5.41) is 2.21. The molecule has 0 atom stereocenters. The highest BCUT2D eigenvalue weighted by atomic mass is 32.2. The molecule has 0 unspecified atom stereocenters. The minimum Gasteiger partial charge on any atom is -0.115 e. The molecule has 100 valence electrons. The summed E-state index contributed by atoms with van der Waals surface area (Å²) in [6.07, 6.45) is 4.61. The predicted molar refractivity (Wildman–Crippen MR) is 97.6 cm³/mol. The Morgan fingerprint density at radius 3 is 2.84 bits per heavy atom. The first-order chi connectivity index (χ1) is 9.29. The maximum absolute atomic E-state index is 5.40. The van der Waals surface area contributed by atoms with Crippen molar-refractivity contribution in [2.24, 2.45) is 0 Å². The number of hydrogen-bond acceptors (Lipinski definition) is 4. The summed E-state index contributed by atoms with van der Waals surface area (Å²) in [6.45, 7) is 2.21. The van der Waals surface area contributed by atoms with Gasteiger partial charge in [0.25, 0.3) is 0 Å². The Morgan fingerprint density at radius 2 is 2.11 bits per heavy atom. The van der Waals surface area contributed by atoms with Crippen LogP contribution in [0.25, 0.3) is 4.91 Å². The van der Waals surface area contributed by atoms with Gasteiger partial charge in [0.05, 0.1) is 8.43 Å². The van der Waals surface area contributed by atoms with Crippen molar-refractivity contribution in [3.05, 3.63) is 51.6 Å². The lowest BCUT2D eigenvalue weighted by molar-refractivity contribution is 0.898. The van der Waals surface area contributed by atoms with Crippen LogP contribution in [0.5, 0.6) is 0 Å². The third-order valence-electron chi connectivity index (χ3n) is 2.53. The molecule has 0 aromatic heterocycles. The van der Waals surface area contributed by atoms with Gasteiger partial charge in [-0.2, -0.15) is 0 Å². The third kappa shape index (κ3) is 5.03. The van der Waals surface area contributed by atoms with Crippen molar-refractivity contribution in [1.82, 2.24) is 0 Å². The molecule has 1 aromatic rings. The van der Waals surface area contributed by atoms with Crippen molar-refractivity contribution in [1.29, 1.82) is 0 Å². The molecule has 0 amide bonds. The van der Waals surface area contributed by atoms with Crippen molar-refractivity contribution in [2.45, 2.75) is 19.8 Å². The van der Waals surface area contributed by atoms with Gasteiger partial charge in [-0.3, -0.25) is 0 Å². The first-order valence-corrected chi connectivity index (χ1v) is 9.37. The molecule has 0 spiro atoms. The standard InChI is InChI=1S/C15H16S4/c1-2-3-9-17-14(16)10-15-18-11-13(19-15)12-7-5-4-6-8-12/h4-8,10-11H,2-3,9H2,1H3/b15-10-. The van der Waals surface area contributed by atoms with Gasteiger partial charge in [0.2, 0.25) is 0 Å². The quantitative estimate of drug-likeness (QED) is 0.361. The molecule has 1 aromatic carbocycles. The maximum Gasteiger partial charge on any atom is 0.0722 e. The van der Waals surface area contributed by atoms with E-state index in [4.69, 9.17) is 12.2 Å². The van der Waals surface area contributed by atoms with E-state index in [1.807, 2.05) is 17.8 Å². The first kappa shape index (κ1) is 15.2. The first-order valence-electron chi connectivity index (χ1n) is 6.28. The Kier molecular flexibility index (Phi) is 6.57. The summed E-state index contributed by atoms with van der Waals surface area (Å²) in [6, 6.07) is 10.5. The van der Waals surface area contributed by atoms with E-state index in [-0.39, 0.29) is 0 Å². The van der Waals surface area contributed by atoms with Crippen LogP contribution in [0.4, 0.5) is 0 Å². The SMILES string of the molecule is CCCCSC(=S)/C=C1/SC=C(c2ccccc2)S1. The molecule has 0 nitrogen and oxygen atoms in total. The van der Waals surface area contributed by atoms with Crippen molar-refractivity contribution >= 4 is 56.6 Å². The number of rotatable bonds is 5. The molecule has 0 saturated heterocycles. The van der Waals surface area contributed by atoms with Gasteiger partial charge >= 0.3 is 0 Å². The Hall–Kier alpha value is -0.160. The summed E-state index contributed by atoms with van der Waals surface area (Å²) < 4.78 is 2.29. The summed E-state index contributed by atoms with van der Waals surface area (Å²) in [5.41, 5.74) is 1.29. The normalized spacial score (nSPS) is 16.7. The van der Waals surface area contributed by atoms with Gasteiger partial charge in [0.1, 0.15) is 0 Å². The van der Waals surface area contributed by atoms with Gasteiger partial charge in [-0.15, -0.1) is 11.8 Å². The smallest absolute Gasteiger partial charge is 0.0722 e. The molecule has 0 radical (unpaired) electrons. The fraction of sp³-hybridized carbons (Fsp3) is 0.267. The second kappa shape index (κ2) is 8.20. The van der Waals surface area contributed by atoms with E-state index in [1.54, 1.807) is 23.5 Å². The number of hydrogen-bond donors (Lipinski definition) is 0. The van der Waals surface area contributed by atoms with Crippen LogP contribution in [0.3, 0.4) is 0 Å². The molecule has 1 aliphatic heterocycles. The van der Waals surface area contributed by atoms with Crippen LogP contribution in [0.1, 0.15) is 25.3 Å². The monoisotopic (exact) mass is 324 g/mol. The highest BCUT2D eigenvalue weighted by Gasteiger charge is 2.13. The zero-order valence-corrected chi connectivity index (χ0v) is 14.1. The minimum atomic E-state index is 1.01. The average molecular weight is 325 g/mol. The van der Waals surface area contributed by atoms with Gasteiger partial charge in [0, 0.05) is 4.91 Å². The van der Waals surface area contributed by atoms with E-state index >= 15 is 0 Å². The third-order valence-corrected chi connectivity index (χ3v) is 6.18. The van der Waals surface area contributed by atoms with Crippen LogP contribution in [0.2, 0.25) is 0 Å². The fourth-order valence-electron chi connectivity index (χ4n) is 1.52. The van der Waals surface area contributed by atoms with E-state index < -0.39 is 0 Å². The molecule has 2 rings (SSSR count). The number of thiocarbonyl (C=S) groups is 1. The molecule has 0 N–H and O–H groups in total. The fourth-order valence-corrected chi connectivity index (χ4v) is 5.15. The summed E-state index contributed by atoms with van der Waals surface area (Å²) in [4.78, 5) is 1.32. The molecule has 19 heavy (non-hydrogen) atoms. The Labute approximate surface area is 133 Å². The predicted octanol–water partition coefficient (Wildman–Crippen LogP) is 6.17. The molecule has 4 heteroatoms. The molecule has 1 aliphatic rings. The molecule has 1 heterocycles. The maximum atomic E-state index is 5.40. The van der Waals surface area contributed by atoms with E-state index in [9.17, 15) is 0 Å². The largest absolute Gasteiger partial charge is 0.115 e. The molecule has 0 saturated carbocycles. The molecular weight excluding hydrogens is 308 g/mol. The van der Waals surface area contributed by atoms with Crippen LogP contribution in [0, 0.1) is 0 Å². The van der Waals surface area contributed by atoms with Gasteiger partial charge in [-0.25, -0.2) is 0 Å². The highest BCUT2D eigenvalue weighted by Crippen LogP contribution is 2.48.